The van der Waals surface area contributed by atoms with Crippen molar-refractivity contribution in [2.24, 2.45) is 0 Å². The highest BCUT2D eigenvalue weighted by atomic mass is 16.5. The average molecular weight is 327 g/mol. The predicted octanol–water partition coefficient (Wildman–Crippen LogP) is 3.01. The van der Waals surface area contributed by atoms with Crippen LogP contribution in [-0.2, 0) is 9.47 Å². The van der Waals surface area contributed by atoms with Crippen molar-refractivity contribution in [2.75, 3.05) is 19.8 Å². The van der Waals surface area contributed by atoms with E-state index >= 15 is 0 Å². The summed E-state index contributed by atoms with van der Waals surface area (Å²) in [6.07, 6.45) is 3.49. The third-order valence-electron chi connectivity index (χ3n) is 4.86. The minimum atomic E-state index is -0.0983. The van der Waals surface area contributed by atoms with Crippen molar-refractivity contribution in [3.63, 3.8) is 0 Å². The molecule has 24 heavy (non-hydrogen) atoms. The van der Waals surface area contributed by atoms with Gasteiger partial charge < -0.3 is 18.8 Å². The Labute approximate surface area is 140 Å². The molecule has 3 atom stereocenters. The molecular weight excluding hydrogens is 306 g/mol. The van der Waals surface area contributed by atoms with Crippen molar-refractivity contribution in [2.45, 2.75) is 31.1 Å². The molecule has 1 aromatic heterocycles. The maximum atomic E-state index is 13.0. The first-order chi connectivity index (χ1) is 11.8. The molecule has 2 bridgehead atoms. The first-order valence-electron chi connectivity index (χ1n) is 8.41. The molecule has 2 fully saturated rings. The summed E-state index contributed by atoms with van der Waals surface area (Å²) in [6, 6.07) is 9.50. The first-order valence-corrected chi connectivity index (χ1v) is 8.41. The Hall–Kier alpha value is -2.11. The van der Waals surface area contributed by atoms with Gasteiger partial charge >= 0.3 is 0 Å². The number of furan rings is 1. The second kappa shape index (κ2) is 6.42. The molecule has 4 rings (SSSR count). The minimum absolute atomic E-state index is 0.0261. The highest BCUT2D eigenvalue weighted by Gasteiger charge is 2.45. The van der Waals surface area contributed by atoms with Gasteiger partial charge in [-0.3, -0.25) is 4.79 Å². The Balaban J connectivity index is 1.61. The van der Waals surface area contributed by atoms with Crippen LogP contribution >= 0.6 is 0 Å². The van der Waals surface area contributed by atoms with Gasteiger partial charge in [-0.25, -0.2) is 0 Å². The van der Waals surface area contributed by atoms with Crippen molar-refractivity contribution in [1.82, 2.24) is 4.90 Å². The summed E-state index contributed by atoms with van der Waals surface area (Å²) in [5.74, 6) is 0.290. The van der Waals surface area contributed by atoms with Gasteiger partial charge in [0, 0.05) is 11.9 Å². The molecule has 0 unspecified atom stereocenters. The summed E-state index contributed by atoms with van der Waals surface area (Å²) in [5, 5.41) is 0.940. The van der Waals surface area contributed by atoms with E-state index < -0.39 is 0 Å². The minimum Gasteiger partial charge on any atom is -0.451 e. The molecule has 1 aromatic carbocycles. The lowest BCUT2D eigenvalue weighted by Gasteiger charge is -2.30. The molecule has 0 spiro atoms. The summed E-state index contributed by atoms with van der Waals surface area (Å²) in [5.41, 5.74) is 0.732. The fourth-order valence-electron chi connectivity index (χ4n) is 3.77. The third-order valence-corrected chi connectivity index (χ3v) is 4.86. The monoisotopic (exact) mass is 327 g/mol. The number of amides is 1. The van der Waals surface area contributed by atoms with Gasteiger partial charge in [0.1, 0.15) is 11.7 Å². The number of para-hydroxylation sites is 1. The number of fused-ring (bicyclic) bond motifs is 3. The number of carbonyl (C=O) groups is 1. The van der Waals surface area contributed by atoms with Crippen LogP contribution in [-0.4, -0.2) is 48.8 Å². The molecule has 5 nitrogen and oxygen atoms in total. The van der Waals surface area contributed by atoms with E-state index in [1.54, 1.807) is 6.08 Å². The maximum absolute atomic E-state index is 13.0. The van der Waals surface area contributed by atoms with E-state index in [9.17, 15) is 4.79 Å². The summed E-state index contributed by atoms with van der Waals surface area (Å²) in [6.45, 7) is 5.26. The maximum Gasteiger partial charge on any atom is 0.290 e. The molecule has 1 aliphatic carbocycles. The second-order valence-corrected chi connectivity index (χ2v) is 6.29. The predicted molar refractivity (Wildman–Crippen MR) is 89.9 cm³/mol. The first kappa shape index (κ1) is 15.4. The van der Waals surface area contributed by atoms with Crippen LogP contribution in [0.15, 0.2) is 47.4 Å². The second-order valence-electron chi connectivity index (χ2n) is 6.29. The highest BCUT2D eigenvalue weighted by Crippen LogP contribution is 2.33. The largest absolute Gasteiger partial charge is 0.451 e. The molecule has 0 N–H and O–H groups in total. The van der Waals surface area contributed by atoms with E-state index in [4.69, 9.17) is 13.9 Å². The van der Waals surface area contributed by atoms with Crippen LogP contribution in [0.4, 0.5) is 0 Å². The van der Waals surface area contributed by atoms with Gasteiger partial charge in [-0.2, -0.15) is 0 Å². The highest BCUT2D eigenvalue weighted by molar-refractivity contribution is 5.96. The molecular formula is C19H21NO4. The van der Waals surface area contributed by atoms with Crippen molar-refractivity contribution in [3.05, 3.63) is 48.7 Å². The Kier molecular flexibility index (Phi) is 4.12. The summed E-state index contributed by atoms with van der Waals surface area (Å²) in [7, 11) is 0. The van der Waals surface area contributed by atoms with E-state index in [0.29, 0.717) is 25.5 Å². The van der Waals surface area contributed by atoms with Gasteiger partial charge in [0.25, 0.3) is 5.91 Å². The van der Waals surface area contributed by atoms with Crippen molar-refractivity contribution >= 4 is 16.9 Å². The zero-order valence-corrected chi connectivity index (χ0v) is 13.5. The van der Waals surface area contributed by atoms with Crippen LogP contribution in [0.3, 0.4) is 0 Å². The summed E-state index contributed by atoms with van der Waals surface area (Å²) < 4.78 is 17.6. The molecule has 1 saturated carbocycles. The standard InChI is InChI=1S/C19H21NO4/c1-2-10-23-18-14-7-8-16(18)22-11-9-20(14)19(21)17-12-13-5-3-4-6-15(13)24-17/h2-6,12,14,16,18H,1,7-11H2/t14-,16-,18-/m1/s1. The molecule has 0 radical (unpaired) electrons. The summed E-state index contributed by atoms with van der Waals surface area (Å²) in [4.78, 5) is 14.9. The molecule has 5 heteroatoms. The zero-order valence-electron chi connectivity index (χ0n) is 13.5. The van der Waals surface area contributed by atoms with E-state index in [1.165, 1.54) is 0 Å². The van der Waals surface area contributed by atoms with Crippen molar-refractivity contribution in [3.8, 4) is 0 Å². The summed E-state index contributed by atoms with van der Waals surface area (Å²) >= 11 is 0. The van der Waals surface area contributed by atoms with Gasteiger partial charge in [-0.05, 0) is 25.0 Å². The number of benzene rings is 1. The van der Waals surface area contributed by atoms with Crippen LogP contribution in [0.1, 0.15) is 23.4 Å². The molecule has 2 heterocycles. The number of carbonyl (C=O) groups excluding carboxylic acids is 1. The normalized spacial score (nSPS) is 26.5. The lowest BCUT2D eigenvalue weighted by Crippen LogP contribution is -2.46. The third kappa shape index (κ3) is 2.64. The van der Waals surface area contributed by atoms with Crippen LogP contribution in [0, 0.1) is 0 Å². The molecule has 2 aliphatic rings. The number of hydrogen-bond donors (Lipinski definition) is 0. The topological polar surface area (TPSA) is 51.9 Å². The van der Waals surface area contributed by atoms with Crippen LogP contribution in [0.5, 0.6) is 0 Å². The smallest absolute Gasteiger partial charge is 0.290 e. The number of rotatable bonds is 4. The van der Waals surface area contributed by atoms with Gasteiger partial charge in [-0.15, -0.1) is 6.58 Å². The van der Waals surface area contributed by atoms with Gasteiger partial charge in [0.05, 0.1) is 25.4 Å². The van der Waals surface area contributed by atoms with Crippen LogP contribution in [0.2, 0.25) is 0 Å². The Morgan fingerprint density at radius 2 is 2.25 bits per heavy atom. The lowest BCUT2D eigenvalue weighted by atomic mass is 10.1. The van der Waals surface area contributed by atoms with E-state index in [0.717, 1.165) is 23.8 Å². The van der Waals surface area contributed by atoms with Crippen molar-refractivity contribution < 1.29 is 18.7 Å². The molecule has 2 aromatic rings. The molecule has 126 valence electrons. The van der Waals surface area contributed by atoms with Gasteiger partial charge in [0.15, 0.2) is 5.76 Å². The quantitative estimate of drug-likeness (QED) is 0.810. The molecule has 1 aliphatic heterocycles. The lowest BCUT2D eigenvalue weighted by molar-refractivity contribution is -0.0435. The SMILES string of the molecule is C=CCO[C@@H]1[C@H]2CC[C@H]1OCCN2C(=O)c1cc2ccccc2o1. The zero-order chi connectivity index (χ0) is 16.5. The molecule has 1 amide bonds. The number of hydrogen-bond acceptors (Lipinski definition) is 4. The number of nitrogens with zero attached hydrogens (tertiary/aromatic N) is 1. The fraction of sp³-hybridized carbons (Fsp3) is 0.421. The van der Waals surface area contributed by atoms with Crippen LogP contribution < -0.4 is 0 Å². The van der Waals surface area contributed by atoms with E-state index in [1.807, 2.05) is 35.2 Å². The number of ether oxygens (including phenoxy) is 2. The van der Waals surface area contributed by atoms with Crippen LogP contribution in [0.25, 0.3) is 11.0 Å². The Bertz CT molecular complexity index is 720. The van der Waals surface area contributed by atoms with Gasteiger partial charge in [0.2, 0.25) is 0 Å². The van der Waals surface area contributed by atoms with Crippen molar-refractivity contribution in [1.29, 1.82) is 0 Å². The van der Waals surface area contributed by atoms with Gasteiger partial charge in [-0.1, -0.05) is 24.3 Å². The molecule has 1 saturated heterocycles. The fourth-order valence-corrected chi connectivity index (χ4v) is 3.77. The Morgan fingerprint density at radius 3 is 3.08 bits per heavy atom. The Morgan fingerprint density at radius 1 is 1.38 bits per heavy atom. The van der Waals surface area contributed by atoms with E-state index in [2.05, 4.69) is 6.58 Å². The van der Waals surface area contributed by atoms with E-state index in [-0.39, 0.29) is 24.2 Å². The average Bonchev–Trinajstić information content (AvgIpc) is 3.13.